The Labute approximate surface area is 130 Å². The van der Waals surface area contributed by atoms with Crippen LogP contribution in [0.1, 0.15) is 0 Å². The Balaban J connectivity index is 2.00. The molecule has 0 atom stereocenters. The van der Waals surface area contributed by atoms with Crippen molar-refractivity contribution < 1.29 is 17.6 Å². The maximum atomic E-state index is 13.4. The molecule has 1 aromatic rings. The first-order valence-electron chi connectivity index (χ1n) is 6.33. The van der Waals surface area contributed by atoms with Gasteiger partial charge in [-0.15, -0.1) is 0 Å². The summed E-state index contributed by atoms with van der Waals surface area (Å²) in [5.41, 5.74) is 0. The molecule has 0 aliphatic carbocycles. The minimum Gasteiger partial charge on any atom is -0.339 e. The van der Waals surface area contributed by atoms with Crippen molar-refractivity contribution >= 4 is 31.9 Å². The molecule has 1 aliphatic heterocycles. The number of piperazine rings is 1. The molecule has 116 valence electrons. The van der Waals surface area contributed by atoms with Crippen LogP contribution in [-0.4, -0.2) is 51.9 Å². The number of halogens is 2. The smallest absolute Gasteiger partial charge is 0.241 e. The Morgan fingerprint density at radius 2 is 2.05 bits per heavy atom. The highest BCUT2D eigenvalue weighted by Gasteiger charge is 2.20. The summed E-state index contributed by atoms with van der Waals surface area (Å²) in [6, 6.07) is 3.48. The minimum absolute atomic E-state index is 0.179. The summed E-state index contributed by atoms with van der Waals surface area (Å²) in [7, 11) is -3.91. The van der Waals surface area contributed by atoms with Crippen molar-refractivity contribution in [1.29, 1.82) is 0 Å². The van der Waals surface area contributed by atoms with Crippen molar-refractivity contribution in [3.63, 3.8) is 0 Å². The number of hydrogen-bond acceptors (Lipinski definition) is 4. The fourth-order valence-electron chi connectivity index (χ4n) is 1.91. The lowest BCUT2D eigenvalue weighted by Gasteiger charge is -2.27. The topological polar surface area (TPSA) is 78.5 Å². The van der Waals surface area contributed by atoms with Gasteiger partial charge in [0.25, 0.3) is 0 Å². The third-order valence-corrected chi connectivity index (χ3v) is 5.13. The van der Waals surface area contributed by atoms with Gasteiger partial charge in [0.05, 0.1) is 15.9 Å². The number of sulfonamides is 1. The van der Waals surface area contributed by atoms with Crippen LogP contribution in [0, 0.1) is 5.82 Å². The third-order valence-electron chi connectivity index (χ3n) is 3.08. The van der Waals surface area contributed by atoms with Crippen LogP contribution in [0.5, 0.6) is 0 Å². The van der Waals surface area contributed by atoms with E-state index >= 15 is 0 Å². The largest absolute Gasteiger partial charge is 0.339 e. The number of nitrogens with one attached hydrogen (secondary N) is 2. The number of carbonyl (C=O) groups is 1. The first-order valence-corrected chi connectivity index (χ1v) is 8.61. The molecular formula is C12H15BrFN3O3S. The van der Waals surface area contributed by atoms with E-state index in [1.54, 1.807) is 4.90 Å². The molecule has 2 N–H and O–H groups in total. The standard InChI is InChI=1S/C12H15BrFN3O3S/c13-10-2-1-9(7-11(10)14)21(19,20)16-8-12(18)17-5-3-15-4-6-17/h1-2,7,15-16H,3-6,8H2. The molecule has 6 nitrogen and oxygen atoms in total. The predicted octanol–water partition coefficient (Wildman–Crippen LogP) is 0.298. The number of amides is 1. The first-order chi connectivity index (χ1) is 9.90. The summed E-state index contributed by atoms with van der Waals surface area (Å²) in [5, 5.41) is 3.10. The average Bonchev–Trinajstić information content (AvgIpc) is 2.48. The Morgan fingerprint density at radius 1 is 1.38 bits per heavy atom. The molecule has 2 rings (SSSR count). The molecule has 21 heavy (non-hydrogen) atoms. The lowest BCUT2D eigenvalue weighted by atomic mass is 10.3. The zero-order chi connectivity index (χ0) is 15.5. The van der Waals surface area contributed by atoms with Gasteiger partial charge >= 0.3 is 0 Å². The van der Waals surface area contributed by atoms with E-state index < -0.39 is 15.8 Å². The van der Waals surface area contributed by atoms with Crippen LogP contribution in [0.25, 0.3) is 0 Å². The van der Waals surface area contributed by atoms with Gasteiger partial charge in [-0.1, -0.05) is 0 Å². The second-order valence-electron chi connectivity index (χ2n) is 4.53. The molecule has 1 fully saturated rings. The van der Waals surface area contributed by atoms with Crippen LogP contribution in [0.3, 0.4) is 0 Å². The molecule has 9 heteroatoms. The van der Waals surface area contributed by atoms with E-state index in [9.17, 15) is 17.6 Å². The van der Waals surface area contributed by atoms with Gasteiger partial charge in [-0.2, -0.15) is 0 Å². The highest BCUT2D eigenvalue weighted by Crippen LogP contribution is 2.19. The molecular weight excluding hydrogens is 365 g/mol. The summed E-state index contributed by atoms with van der Waals surface area (Å²) in [6.07, 6.45) is 0. The Kier molecular flexibility index (Phi) is 5.31. The molecule has 1 aromatic carbocycles. The summed E-state index contributed by atoms with van der Waals surface area (Å²) in [5.74, 6) is -0.969. The molecule has 0 saturated carbocycles. The van der Waals surface area contributed by atoms with E-state index in [4.69, 9.17) is 0 Å². The number of rotatable bonds is 4. The van der Waals surface area contributed by atoms with Gasteiger partial charge in [0.15, 0.2) is 0 Å². The van der Waals surface area contributed by atoms with E-state index in [2.05, 4.69) is 26.0 Å². The van der Waals surface area contributed by atoms with Gasteiger partial charge in [-0.05, 0) is 34.1 Å². The van der Waals surface area contributed by atoms with Crippen LogP contribution < -0.4 is 10.0 Å². The second-order valence-corrected chi connectivity index (χ2v) is 7.15. The van der Waals surface area contributed by atoms with Gasteiger partial charge in [-0.25, -0.2) is 17.5 Å². The Bertz CT molecular complexity index is 633. The molecule has 0 unspecified atom stereocenters. The van der Waals surface area contributed by atoms with Crippen LogP contribution in [0.2, 0.25) is 0 Å². The van der Waals surface area contributed by atoms with E-state index in [0.29, 0.717) is 26.2 Å². The number of hydrogen-bond donors (Lipinski definition) is 2. The normalized spacial score (nSPS) is 16.0. The quantitative estimate of drug-likeness (QED) is 0.788. The molecule has 0 bridgehead atoms. The lowest BCUT2D eigenvalue weighted by molar-refractivity contribution is -0.130. The molecule has 0 spiro atoms. The predicted molar refractivity (Wildman–Crippen MR) is 78.7 cm³/mol. The lowest BCUT2D eigenvalue weighted by Crippen LogP contribution is -2.49. The minimum atomic E-state index is -3.91. The van der Waals surface area contributed by atoms with Crippen LogP contribution >= 0.6 is 15.9 Å². The summed E-state index contributed by atoms with van der Waals surface area (Å²) < 4.78 is 39.8. The Hall–Kier alpha value is -1.03. The SMILES string of the molecule is O=C(CNS(=O)(=O)c1ccc(Br)c(F)c1)N1CCNCC1. The summed E-state index contributed by atoms with van der Waals surface area (Å²) >= 11 is 2.95. The number of nitrogens with zero attached hydrogens (tertiary/aromatic N) is 1. The first kappa shape index (κ1) is 16.3. The van der Waals surface area contributed by atoms with Gasteiger partial charge in [0.2, 0.25) is 15.9 Å². The molecule has 1 saturated heterocycles. The van der Waals surface area contributed by atoms with Crippen molar-refractivity contribution in [1.82, 2.24) is 14.9 Å². The highest BCUT2D eigenvalue weighted by atomic mass is 79.9. The zero-order valence-electron chi connectivity index (χ0n) is 11.1. The van der Waals surface area contributed by atoms with Gasteiger partial charge < -0.3 is 10.2 Å². The molecule has 0 aromatic heterocycles. The van der Waals surface area contributed by atoms with E-state index in [-0.39, 0.29) is 21.8 Å². The van der Waals surface area contributed by atoms with E-state index in [0.717, 1.165) is 6.07 Å². The van der Waals surface area contributed by atoms with Crippen molar-refractivity contribution in [2.75, 3.05) is 32.7 Å². The number of carbonyl (C=O) groups excluding carboxylic acids is 1. The van der Waals surface area contributed by atoms with Gasteiger partial charge in [0, 0.05) is 26.2 Å². The van der Waals surface area contributed by atoms with Crippen molar-refractivity contribution in [3.8, 4) is 0 Å². The number of benzene rings is 1. The van der Waals surface area contributed by atoms with E-state index in [1.165, 1.54) is 12.1 Å². The van der Waals surface area contributed by atoms with Crippen molar-refractivity contribution in [2.24, 2.45) is 0 Å². The van der Waals surface area contributed by atoms with Crippen LogP contribution in [-0.2, 0) is 14.8 Å². The van der Waals surface area contributed by atoms with Crippen LogP contribution in [0.15, 0.2) is 27.6 Å². The molecule has 1 aliphatic rings. The molecule has 1 amide bonds. The van der Waals surface area contributed by atoms with Gasteiger partial charge in [0.1, 0.15) is 5.82 Å². The third kappa shape index (κ3) is 4.22. The highest BCUT2D eigenvalue weighted by molar-refractivity contribution is 9.10. The Morgan fingerprint density at radius 3 is 2.67 bits per heavy atom. The maximum absolute atomic E-state index is 13.4. The summed E-state index contributed by atoms with van der Waals surface area (Å²) in [6.45, 7) is 2.15. The second kappa shape index (κ2) is 6.82. The average molecular weight is 380 g/mol. The van der Waals surface area contributed by atoms with E-state index in [1.807, 2.05) is 0 Å². The maximum Gasteiger partial charge on any atom is 0.241 e. The van der Waals surface area contributed by atoms with Crippen LogP contribution in [0.4, 0.5) is 4.39 Å². The zero-order valence-corrected chi connectivity index (χ0v) is 13.5. The van der Waals surface area contributed by atoms with Gasteiger partial charge in [-0.3, -0.25) is 4.79 Å². The fourth-order valence-corrected chi connectivity index (χ4v) is 3.14. The van der Waals surface area contributed by atoms with Crippen molar-refractivity contribution in [2.45, 2.75) is 4.90 Å². The van der Waals surface area contributed by atoms with Crippen molar-refractivity contribution in [3.05, 3.63) is 28.5 Å². The summed E-state index contributed by atoms with van der Waals surface area (Å²) in [4.78, 5) is 13.3. The molecule has 0 radical (unpaired) electrons. The fraction of sp³-hybridized carbons (Fsp3) is 0.417. The molecule has 1 heterocycles. The monoisotopic (exact) mass is 379 g/mol.